The van der Waals surface area contributed by atoms with Crippen LogP contribution in [-0.4, -0.2) is 9.78 Å². The molecule has 0 atom stereocenters. The molecule has 0 saturated carbocycles. The van der Waals surface area contributed by atoms with E-state index in [1.165, 1.54) is 3.57 Å². The van der Waals surface area contributed by atoms with E-state index < -0.39 is 0 Å². The third-order valence-corrected chi connectivity index (χ3v) is 4.49. The molecule has 0 unspecified atom stereocenters. The summed E-state index contributed by atoms with van der Waals surface area (Å²) >= 11 is 14.2. The Morgan fingerprint density at radius 2 is 1.71 bits per heavy atom. The summed E-state index contributed by atoms with van der Waals surface area (Å²) in [5.74, 6) is 0. The Morgan fingerprint density at radius 3 is 2.38 bits per heavy atom. The summed E-state index contributed by atoms with van der Waals surface area (Å²) in [6.07, 6.45) is 1.77. The van der Waals surface area contributed by atoms with Crippen molar-refractivity contribution in [2.45, 2.75) is 0 Å². The molecule has 0 aliphatic carbocycles. The van der Waals surface area contributed by atoms with Crippen molar-refractivity contribution in [3.05, 3.63) is 62.3 Å². The summed E-state index contributed by atoms with van der Waals surface area (Å²) in [7, 11) is 0. The molecule has 3 rings (SSSR count). The number of hydrogen-bond acceptors (Lipinski definition) is 2. The Bertz CT molecular complexity index is 797. The maximum absolute atomic E-state index is 6.07. The van der Waals surface area contributed by atoms with Crippen LogP contribution in [0.2, 0.25) is 10.0 Å². The first-order chi connectivity index (χ1) is 10.0. The van der Waals surface area contributed by atoms with Gasteiger partial charge in [0.1, 0.15) is 5.69 Å². The number of hydrogen-bond donors (Lipinski definition) is 1. The van der Waals surface area contributed by atoms with E-state index in [2.05, 4.69) is 27.7 Å². The lowest BCUT2D eigenvalue weighted by Gasteiger charge is -2.03. The topological polar surface area (TPSA) is 43.8 Å². The second kappa shape index (κ2) is 5.87. The van der Waals surface area contributed by atoms with Crippen LogP contribution >= 0.6 is 45.8 Å². The van der Waals surface area contributed by atoms with Crippen molar-refractivity contribution < 1.29 is 0 Å². The van der Waals surface area contributed by atoms with E-state index in [1.54, 1.807) is 23.0 Å². The maximum atomic E-state index is 6.07. The van der Waals surface area contributed by atoms with Crippen LogP contribution in [0, 0.1) is 3.57 Å². The highest BCUT2D eigenvalue weighted by atomic mass is 127. The van der Waals surface area contributed by atoms with Gasteiger partial charge in [0.2, 0.25) is 0 Å². The number of rotatable bonds is 2. The van der Waals surface area contributed by atoms with E-state index >= 15 is 0 Å². The fourth-order valence-electron chi connectivity index (χ4n) is 1.98. The van der Waals surface area contributed by atoms with Gasteiger partial charge in [0.25, 0.3) is 0 Å². The maximum Gasteiger partial charge on any atom is 0.116 e. The third-order valence-electron chi connectivity index (χ3n) is 3.03. The van der Waals surface area contributed by atoms with Crippen LogP contribution < -0.4 is 5.73 Å². The molecule has 2 N–H and O–H groups in total. The Kier molecular flexibility index (Phi) is 4.10. The molecule has 0 aliphatic heterocycles. The van der Waals surface area contributed by atoms with Gasteiger partial charge in [-0.2, -0.15) is 5.10 Å². The molecular formula is C15H10Cl2IN3. The van der Waals surface area contributed by atoms with Gasteiger partial charge < -0.3 is 5.73 Å². The van der Waals surface area contributed by atoms with Crippen molar-refractivity contribution in [1.29, 1.82) is 0 Å². The number of nitrogen functional groups attached to an aromatic ring is 1. The van der Waals surface area contributed by atoms with E-state index in [4.69, 9.17) is 28.9 Å². The first-order valence-electron chi connectivity index (χ1n) is 6.11. The van der Waals surface area contributed by atoms with Crippen molar-refractivity contribution in [3.8, 4) is 16.9 Å². The zero-order valence-electron chi connectivity index (χ0n) is 10.7. The molecule has 2 aromatic carbocycles. The molecule has 0 amide bonds. The standard InChI is InChI=1S/C15H10Cl2IN3/c16-12-6-5-11(7-13(12)17)21-8-14(19)15(20-21)9-1-3-10(18)4-2-9/h1-8H,19H2. The summed E-state index contributed by atoms with van der Waals surface area (Å²) in [5, 5.41) is 5.54. The molecule has 6 heteroatoms. The summed E-state index contributed by atoms with van der Waals surface area (Å²) in [5.41, 5.74) is 9.22. The highest BCUT2D eigenvalue weighted by Crippen LogP contribution is 2.28. The predicted molar refractivity (Wildman–Crippen MR) is 96.1 cm³/mol. The fraction of sp³-hybridized carbons (Fsp3) is 0. The second-order valence-electron chi connectivity index (χ2n) is 4.48. The molecule has 3 aromatic rings. The SMILES string of the molecule is Nc1cn(-c2ccc(Cl)c(Cl)c2)nc1-c1ccc(I)cc1. The van der Waals surface area contributed by atoms with Gasteiger partial charge in [0, 0.05) is 9.13 Å². The lowest BCUT2D eigenvalue weighted by molar-refractivity contribution is 0.884. The first kappa shape index (κ1) is 14.7. The molecule has 0 radical (unpaired) electrons. The normalized spacial score (nSPS) is 10.8. The minimum Gasteiger partial charge on any atom is -0.396 e. The van der Waals surface area contributed by atoms with E-state index in [0.717, 1.165) is 16.9 Å². The van der Waals surface area contributed by atoms with E-state index in [9.17, 15) is 0 Å². The third kappa shape index (κ3) is 3.02. The largest absolute Gasteiger partial charge is 0.396 e. The number of aromatic nitrogens is 2. The molecule has 0 saturated heterocycles. The Morgan fingerprint density at radius 1 is 1.00 bits per heavy atom. The Balaban J connectivity index is 2.04. The summed E-state index contributed by atoms with van der Waals surface area (Å²) in [6, 6.07) is 13.4. The van der Waals surface area contributed by atoms with Gasteiger partial charge in [-0.15, -0.1) is 0 Å². The lowest BCUT2D eigenvalue weighted by atomic mass is 10.1. The van der Waals surface area contributed by atoms with Crippen LogP contribution in [-0.2, 0) is 0 Å². The van der Waals surface area contributed by atoms with Crippen LogP contribution in [0.4, 0.5) is 5.69 Å². The van der Waals surface area contributed by atoms with E-state index in [0.29, 0.717) is 15.7 Å². The number of halogens is 3. The van der Waals surface area contributed by atoms with Crippen molar-refractivity contribution in [2.24, 2.45) is 0 Å². The minimum absolute atomic E-state index is 0.485. The minimum atomic E-state index is 0.485. The molecule has 1 heterocycles. The van der Waals surface area contributed by atoms with Crippen LogP contribution in [0.1, 0.15) is 0 Å². The summed E-state index contributed by atoms with van der Waals surface area (Å²) in [6.45, 7) is 0. The highest BCUT2D eigenvalue weighted by Gasteiger charge is 2.10. The predicted octanol–water partition coefficient (Wildman–Crippen LogP) is 5.03. The molecule has 106 valence electrons. The molecule has 0 spiro atoms. The number of benzene rings is 2. The van der Waals surface area contributed by atoms with Gasteiger partial charge in [-0.25, -0.2) is 4.68 Å². The average molecular weight is 430 g/mol. The van der Waals surface area contributed by atoms with Gasteiger partial charge in [-0.1, -0.05) is 35.3 Å². The van der Waals surface area contributed by atoms with Gasteiger partial charge >= 0.3 is 0 Å². The summed E-state index contributed by atoms with van der Waals surface area (Å²) < 4.78 is 2.86. The fourth-order valence-corrected chi connectivity index (χ4v) is 2.63. The van der Waals surface area contributed by atoms with Crippen molar-refractivity contribution >= 4 is 51.5 Å². The second-order valence-corrected chi connectivity index (χ2v) is 6.54. The smallest absolute Gasteiger partial charge is 0.116 e. The van der Waals surface area contributed by atoms with Crippen LogP contribution in [0.3, 0.4) is 0 Å². The summed E-state index contributed by atoms with van der Waals surface area (Å²) in [4.78, 5) is 0. The van der Waals surface area contributed by atoms with Crippen molar-refractivity contribution in [2.75, 3.05) is 5.73 Å². The van der Waals surface area contributed by atoms with Crippen LogP contribution in [0.15, 0.2) is 48.7 Å². The monoisotopic (exact) mass is 429 g/mol. The van der Waals surface area contributed by atoms with E-state index in [1.807, 2.05) is 30.3 Å². The quantitative estimate of drug-likeness (QED) is 0.580. The lowest BCUT2D eigenvalue weighted by Crippen LogP contribution is -1.94. The van der Waals surface area contributed by atoms with Crippen LogP contribution in [0.5, 0.6) is 0 Å². The molecule has 21 heavy (non-hydrogen) atoms. The van der Waals surface area contributed by atoms with Crippen LogP contribution in [0.25, 0.3) is 16.9 Å². The number of nitrogens with zero attached hydrogens (tertiary/aromatic N) is 2. The average Bonchev–Trinajstić information content (AvgIpc) is 2.85. The number of anilines is 1. The molecular weight excluding hydrogens is 420 g/mol. The first-order valence-corrected chi connectivity index (χ1v) is 7.94. The zero-order valence-corrected chi connectivity index (χ0v) is 14.4. The molecule has 0 bridgehead atoms. The number of nitrogens with two attached hydrogens (primary N) is 1. The van der Waals surface area contributed by atoms with Gasteiger partial charge in [0.05, 0.1) is 27.6 Å². The molecule has 0 fully saturated rings. The van der Waals surface area contributed by atoms with Gasteiger partial charge in [-0.3, -0.25) is 0 Å². The van der Waals surface area contributed by atoms with Crippen molar-refractivity contribution in [1.82, 2.24) is 9.78 Å². The Hall–Kier alpha value is -1.24. The zero-order chi connectivity index (χ0) is 15.0. The van der Waals surface area contributed by atoms with E-state index in [-0.39, 0.29) is 0 Å². The molecule has 3 nitrogen and oxygen atoms in total. The highest BCUT2D eigenvalue weighted by molar-refractivity contribution is 14.1. The Labute approximate surface area is 145 Å². The molecule has 1 aromatic heterocycles. The van der Waals surface area contributed by atoms with Gasteiger partial charge in [0.15, 0.2) is 0 Å². The van der Waals surface area contributed by atoms with Gasteiger partial charge in [-0.05, 0) is 52.9 Å². The molecule has 0 aliphatic rings. The van der Waals surface area contributed by atoms with Crippen molar-refractivity contribution in [3.63, 3.8) is 0 Å².